The molecule has 144 valence electrons. The van der Waals surface area contributed by atoms with Gasteiger partial charge in [-0.25, -0.2) is 0 Å². The molecule has 0 saturated heterocycles. The van der Waals surface area contributed by atoms with Gasteiger partial charge in [0.25, 0.3) is 5.56 Å². The van der Waals surface area contributed by atoms with Crippen LogP contribution >= 0.6 is 0 Å². The van der Waals surface area contributed by atoms with E-state index in [0.29, 0.717) is 29.4 Å². The Morgan fingerprint density at radius 2 is 1.96 bits per heavy atom. The van der Waals surface area contributed by atoms with Crippen LogP contribution in [0.15, 0.2) is 29.2 Å². The number of fused-ring (bicyclic) bond motifs is 3. The molecule has 0 radical (unpaired) electrons. The number of pyridine rings is 2. The number of nitrogens with zero attached hydrogens (tertiary/aromatic N) is 2. The molecular weight excluding hydrogens is 340 g/mol. The van der Waals surface area contributed by atoms with E-state index in [0.717, 1.165) is 34.7 Å². The van der Waals surface area contributed by atoms with Gasteiger partial charge in [0, 0.05) is 30.3 Å². The molecule has 0 saturated carbocycles. The van der Waals surface area contributed by atoms with Crippen LogP contribution in [0.3, 0.4) is 0 Å². The maximum atomic E-state index is 12.9. The maximum absolute atomic E-state index is 12.9. The minimum Gasteiger partial charge on any atom is -0.493 e. The number of hydrogen-bond donors (Lipinski definition) is 1. The normalized spacial score (nSPS) is 12.9. The number of aliphatic hydroxyl groups excluding tert-OH is 1. The largest absolute Gasteiger partial charge is 0.493 e. The summed E-state index contributed by atoms with van der Waals surface area (Å²) in [7, 11) is 1.77. The second kappa shape index (κ2) is 7.69. The van der Waals surface area contributed by atoms with Crippen molar-refractivity contribution >= 4 is 21.7 Å². The van der Waals surface area contributed by atoms with Crippen LogP contribution in [0.4, 0.5) is 0 Å². The lowest BCUT2D eigenvalue weighted by atomic mass is 10.0. The summed E-state index contributed by atoms with van der Waals surface area (Å²) in [4.78, 5) is 17.1. The third-order valence-corrected chi connectivity index (χ3v) is 5.07. The highest BCUT2D eigenvalue weighted by molar-refractivity contribution is 6.06. The van der Waals surface area contributed by atoms with Gasteiger partial charge in [0.15, 0.2) is 0 Å². The molecule has 5 heteroatoms. The van der Waals surface area contributed by atoms with Crippen molar-refractivity contribution in [2.75, 3.05) is 6.61 Å². The first-order valence-electron chi connectivity index (χ1n) is 9.54. The van der Waals surface area contributed by atoms with Crippen LogP contribution in [0.1, 0.15) is 51.0 Å². The lowest BCUT2D eigenvalue weighted by molar-refractivity contribution is 0.190. The standard InChI is InChI=1S/C22H28N2O3/c1-13(2)7-6-10-27-20-12-19-18(11-17(20)15(4)25)16-8-9-23-14(3)21(16)22(26)24(19)5/h8-9,11-13,15,25H,6-7,10H2,1-5H3. The number of ether oxygens (including phenoxy) is 1. The van der Waals surface area contributed by atoms with Crippen LogP contribution in [0.5, 0.6) is 5.75 Å². The molecule has 0 aliphatic rings. The highest BCUT2D eigenvalue weighted by Crippen LogP contribution is 2.33. The number of aliphatic hydroxyl groups is 1. The van der Waals surface area contributed by atoms with Crippen LogP contribution in [0.25, 0.3) is 21.7 Å². The Kier molecular flexibility index (Phi) is 5.51. The van der Waals surface area contributed by atoms with Gasteiger partial charge in [0.05, 0.1) is 29.3 Å². The second-order valence-electron chi connectivity index (χ2n) is 7.65. The molecular formula is C22H28N2O3. The Morgan fingerprint density at radius 1 is 1.22 bits per heavy atom. The molecule has 0 aliphatic heterocycles. The smallest absolute Gasteiger partial charge is 0.260 e. The van der Waals surface area contributed by atoms with Gasteiger partial charge < -0.3 is 14.4 Å². The Labute approximate surface area is 159 Å². The van der Waals surface area contributed by atoms with E-state index in [4.69, 9.17) is 4.74 Å². The minimum atomic E-state index is -0.662. The lowest BCUT2D eigenvalue weighted by Gasteiger charge is -2.18. The van der Waals surface area contributed by atoms with Gasteiger partial charge in [-0.2, -0.15) is 0 Å². The number of rotatable bonds is 6. The monoisotopic (exact) mass is 368 g/mol. The third kappa shape index (κ3) is 3.69. The van der Waals surface area contributed by atoms with Gasteiger partial charge in [-0.1, -0.05) is 13.8 Å². The van der Waals surface area contributed by atoms with E-state index < -0.39 is 6.10 Å². The van der Waals surface area contributed by atoms with Gasteiger partial charge >= 0.3 is 0 Å². The van der Waals surface area contributed by atoms with E-state index in [1.807, 2.05) is 25.1 Å². The van der Waals surface area contributed by atoms with Crippen LogP contribution in [0, 0.1) is 12.8 Å². The number of aryl methyl sites for hydroxylation is 2. The molecule has 1 unspecified atom stereocenters. The fraction of sp³-hybridized carbons (Fsp3) is 0.455. The molecule has 3 rings (SSSR count). The van der Waals surface area contributed by atoms with Crippen molar-refractivity contribution in [3.8, 4) is 5.75 Å². The molecule has 2 aromatic heterocycles. The molecule has 5 nitrogen and oxygen atoms in total. The molecule has 3 aromatic rings. The first-order chi connectivity index (χ1) is 12.8. The SMILES string of the molecule is Cc1nccc2c1c(=O)n(C)c1cc(OCCCC(C)C)c(C(C)O)cc21. The second-order valence-corrected chi connectivity index (χ2v) is 7.65. The van der Waals surface area contributed by atoms with Crippen molar-refractivity contribution in [1.82, 2.24) is 9.55 Å². The molecule has 1 aromatic carbocycles. The predicted octanol–water partition coefficient (Wildman–Crippen LogP) is 4.26. The molecule has 0 amide bonds. The Bertz CT molecular complexity index is 1040. The van der Waals surface area contributed by atoms with Gasteiger partial charge in [0.2, 0.25) is 0 Å². The molecule has 2 heterocycles. The summed E-state index contributed by atoms with van der Waals surface area (Å²) in [6.45, 7) is 8.55. The van der Waals surface area contributed by atoms with Crippen molar-refractivity contribution < 1.29 is 9.84 Å². The molecule has 0 spiro atoms. The van der Waals surface area contributed by atoms with E-state index in [9.17, 15) is 9.90 Å². The maximum Gasteiger partial charge on any atom is 0.260 e. The van der Waals surface area contributed by atoms with Crippen LogP contribution in [-0.4, -0.2) is 21.3 Å². The summed E-state index contributed by atoms with van der Waals surface area (Å²) >= 11 is 0. The molecule has 1 N–H and O–H groups in total. The van der Waals surface area contributed by atoms with Crippen LogP contribution < -0.4 is 10.3 Å². The summed E-state index contributed by atoms with van der Waals surface area (Å²) in [5, 5.41) is 12.7. The molecule has 0 aliphatic carbocycles. The van der Waals surface area contributed by atoms with Gasteiger partial charge in [-0.3, -0.25) is 9.78 Å². The quantitative estimate of drug-likeness (QED) is 0.521. The zero-order valence-corrected chi connectivity index (χ0v) is 16.7. The van der Waals surface area contributed by atoms with Gasteiger partial charge in [-0.05, 0) is 50.1 Å². The fourth-order valence-corrected chi connectivity index (χ4v) is 3.54. The van der Waals surface area contributed by atoms with E-state index in [-0.39, 0.29) is 5.56 Å². The number of aromatic nitrogens is 2. The van der Waals surface area contributed by atoms with Crippen LogP contribution in [0.2, 0.25) is 0 Å². The van der Waals surface area contributed by atoms with E-state index in [1.165, 1.54) is 0 Å². The molecule has 0 bridgehead atoms. The first-order valence-corrected chi connectivity index (χ1v) is 9.54. The zero-order valence-electron chi connectivity index (χ0n) is 16.7. The van der Waals surface area contributed by atoms with Crippen molar-refractivity contribution in [3.05, 3.63) is 46.0 Å². The van der Waals surface area contributed by atoms with Crippen molar-refractivity contribution in [3.63, 3.8) is 0 Å². The summed E-state index contributed by atoms with van der Waals surface area (Å²) in [6.07, 6.45) is 3.10. The van der Waals surface area contributed by atoms with E-state index >= 15 is 0 Å². The van der Waals surface area contributed by atoms with Crippen molar-refractivity contribution in [2.24, 2.45) is 13.0 Å². The topological polar surface area (TPSA) is 64.4 Å². The highest BCUT2D eigenvalue weighted by Gasteiger charge is 2.17. The van der Waals surface area contributed by atoms with Crippen molar-refractivity contribution in [1.29, 1.82) is 0 Å². The average Bonchev–Trinajstić information content (AvgIpc) is 2.62. The number of benzene rings is 1. The van der Waals surface area contributed by atoms with Crippen LogP contribution in [-0.2, 0) is 7.05 Å². The molecule has 0 fully saturated rings. The van der Waals surface area contributed by atoms with Gasteiger partial charge in [-0.15, -0.1) is 0 Å². The van der Waals surface area contributed by atoms with E-state index in [2.05, 4.69) is 18.8 Å². The number of hydrogen-bond acceptors (Lipinski definition) is 4. The van der Waals surface area contributed by atoms with E-state index in [1.54, 1.807) is 24.7 Å². The summed E-state index contributed by atoms with van der Waals surface area (Å²) in [6, 6.07) is 5.68. The zero-order chi connectivity index (χ0) is 19.7. The predicted molar refractivity (Wildman–Crippen MR) is 109 cm³/mol. The minimum absolute atomic E-state index is 0.0707. The summed E-state index contributed by atoms with van der Waals surface area (Å²) < 4.78 is 7.64. The Balaban J connectivity index is 2.18. The fourth-order valence-electron chi connectivity index (χ4n) is 3.54. The lowest BCUT2D eigenvalue weighted by Crippen LogP contribution is -2.19. The third-order valence-electron chi connectivity index (χ3n) is 5.07. The van der Waals surface area contributed by atoms with Gasteiger partial charge in [0.1, 0.15) is 5.75 Å². The molecule has 27 heavy (non-hydrogen) atoms. The summed E-state index contributed by atoms with van der Waals surface area (Å²) in [5.41, 5.74) is 2.17. The highest BCUT2D eigenvalue weighted by atomic mass is 16.5. The Morgan fingerprint density at radius 3 is 2.63 bits per heavy atom. The molecule has 1 atom stereocenters. The Hall–Kier alpha value is -2.40. The summed E-state index contributed by atoms with van der Waals surface area (Å²) in [5.74, 6) is 1.27. The average molecular weight is 368 g/mol. The van der Waals surface area contributed by atoms with Crippen molar-refractivity contribution in [2.45, 2.75) is 46.6 Å². The first kappa shape index (κ1) is 19.4.